The summed E-state index contributed by atoms with van der Waals surface area (Å²) in [7, 11) is 1.77. The Morgan fingerprint density at radius 3 is 2.79 bits per heavy atom. The van der Waals surface area contributed by atoms with Gasteiger partial charge in [-0.2, -0.15) is 0 Å². The Bertz CT molecular complexity index is 353. The first-order valence-corrected chi connectivity index (χ1v) is 6.90. The molecule has 0 aromatic rings. The SMILES string of the molecule is CN1CC(NC(=O)C2(CN)CCOCC2)CCC1=O. The first kappa shape index (κ1) is 14.3. The quantitative estimate of drug-likeness (QED) is 0.722. The zero-order valence-corrected chi connectivity index (χ0v) is 11.5. The monoisotopic (exact) mass is 269 g/mol. The molecule has 2 rings (SSSR count). The summed E-state index contributed by atoms with van der Waals surface area (Å²) in [4.78, 5) is 25.6. The summed E-state index contributed by atoms with van der Waals surface area (Å²) in [5.74, 6) is 0.163. The van der Waals surface area contributed by atoms with Crippen LogP contribution in [0.3, 0.4) is 0 Å². The van der Waals surface area contributed by atoms with Gasteiger partial charge in [-0.25, -0.2) is 0 Å². The molecule has 0 bridgehead atoms. The molecular formula is C13H23N3O3. The number of ether oxygens (including phenoxy) is 1. The minimum Gasteiger partial charge on any atom is -0.381 e. The van der Waals surface area contributed by atoms with Crippen molar-refractivity contribution in [2.24, 2.45) is 11.1 Å². The van der Waals surface area contributed by atoms with E-state index in [1.165, 1.54) is 0 Å². The van der Waals surface area contributed by atoms with Crippen LogP contribution < -0.4 is 11.1 Å². The molecule has 19 heavy (non-hydrogen) atoms. The number of nitrogens with one attached hydrogen (secondary N) is 1. The van der Waals surface area contributed by atoms with Crippen molar-refractivity contribution >= 4 is 11.8 Å². The molecule has 108 valence electrons. The van der Waals surface area contributed by atoms with Gasteiger partial charge in [0.2, 0.25) is 11.8 Å². The largest absolute Gasteiger partial charge is 0.381 e. The summed E-state index contributed by atoms with van der Waals surface area (Å²) in [6.45, 7) is 2.12. The second-order valence-corrected chi connectivity index (χ2v) is 5.58. The molecule has 2 saturated heterocycles. The number of hydrogen-bond donors (Lipinski definition) is 2. The average molecular weight is 269 g/mol. The van der Waals surface area contributed by atoms with Crippen LogP contribution in [0.2, 0.25) is 0 Å². The summed E-state index contributed by atoms with van der Waals surface area (Å²) in [5, 5.41) is 3.06. The second kappa shape index (κ2) is 5.88. The van der Waals surface area contributed by atoms with Crippen molar-refractivity contribution in [1.29, 1.82) is 0 Å². The Hall–Kier alpha value is -1.14. The minimum absolute atomic E-state index is 0.0195. The molecule has 2 aliphatic rings. The number of hydrogen-bond acceptors (Lipinski definition) is 4. The number of carbonyl (C=O) groups excluding carboxylic acids is 2. The van der Waals surface area contributed by atoms with Crippen LogP contribution in [0.5, 0.6) is 0 Å². The normalized spacial score (nSPS) is 27.2. The molecule has 6 heteroatoms. The smallest absolute Gasteiger partial charge is 0.227 e. The van der Waals surface area contributed by atoms with E-state index < -0.39 is 5.41 Å². The van der Waals surface area contributed by atoms with Crippen LogP contribution in [0.1, 0.15) is 25.7 Å². The van der Waals surface area contributed by atoms with Gasteiger partial charge < -0.3 is 20.7 Å². The topological polar surface area (TPSA) is 84.7 Å². The molecule has 0 spiro atoms. The van der Waals surface area contributed by atoms with Crippen molar-refractivity contribution in [1.82, 2.24) is 10.2 Å². The van der Waals surface area contributed by atoms with Crippen LogP contribution in [-0.4, -0.2) is 56.1 Å². The van der Waals surface area contributed by atoms with Gasteiger partial charge in [0, 0.05) is 45.8 Å². The summed E-state index contributed by atoms with van der Waals surface area (Å²) < 4.78 is 5.31. The fraction of sp³-hybridized carbons (Fsp3) is 0.846. The fourth-order valence-corrected chi connectivity index (χ4v) is 2.75. The highest BCUT2D eigenvalue weighted by Gasteiger charge is 2.40. The van der Waals surface area contributed by atoms with Crippen molar-refractivity contribution in [2.75, 3.05) is 33.4 Å². The fourth-order valence-electron chi connectivity index (χ4n) is 2.75. The molecule has 2 aliphatic heterocycles. The van der Waals surface area contributed by atoms with Crippen LogP contribution in [0.25, 0.3) is 0 Å². The highest BCUT2D eigenvalue weighted by molar-refractivity contribution is 5.84. The lowest BCUT2D eigenvalue weighted by Gasteiger charge is -2.37. The van der Waals surface area contributed by atoms with Crippen molar-refractivity contribution in [3.8, 4) is 0 Å². The number of carbonyl (C=O) groups is 2. The van der Waals surface area contributed by atoms with E-state index in [2.05, 4.69) is 5.32 Å². The number of piperidine rings is 1. The Morgan fingerprint density at radius 1 is 1.53 bits per heavy atom. The average Bonchev–Trinajstić information content (AvgIpc) is 2.43. The molecule has 0 saturated carbocycles. The van der Waals surface area contributed by atoms with Gasteiger partial charge in [0.1, 0.15) is 0 Å². The van der Waals surface area contributed by atoms with Gasteiger partial charge in [-0.1, -0.05) is 0 Å². The van der Waals surface area contributed by atoms with E-state index in [1.807, 2.05) is 0 Å². The summed E-state index contributed by atoms with van der Waals surface area (Å²) in [6, 6.07) is 0.0430. The number of nitrogens with two attached hydrogens (primary N) is 1. The van der Waals surface area contributed by atoms with Crippen LogP contribution >= 0.6 is 0 Å². The maximum absolute atomic E-state index is 12.5. The third-order valence-corrected chi connectivity index (χ3v) is 4.28. The Morgan fingerprint density at radius 2 is 2.21 bits per heavy atom. The van der Waals surface area contributed by atoms with Gasteiger partial charge in [0.15, 0.2) is 0 Å². The first-order chi connectivity index (χ1) is 9.07. The lowest BCUT2D eigenvalue weighted by Crippen LogP contribution is -2.55. The molecule has 1 atom stereocenters. The van der Waals surface area contributed by atoms with Gasteiger partial charge in [-0.05, 0) is 19.3 Å². The van der Waals surface area contributed by atoms with Crippen molar-refractivity contribution in [2.45, 2.75) is 31.7 Å². The second-order valence-electron chi connectivity index (χ2n) is 5.58. The van der Waals surface area contributed by atoms with Crippen LogP contribution in [0, 0.1) is 5.41 Å². The zero-order valence-electron chi connectivity index (χ0n) is 11.5. The summed E-state index contributed by atoms with van der Waals surface area (Å²) >= 11 is 0. The van der Waals surface area contributed by atoms with Gasteiger partial charge in [0.05, 0.1) is 5.41 Å². The maximum atomic E-state index is 12.5. The Kier molecular flexibility index (Phi) is 4.42. The number of rotatable bonds is 3. The predicted molar refractivity (Wildman–Crippen MR) is 70.3 cm³/mol. The van der Waals surface area contributed by atoms with Gasteiger partial charge in [-0.3, -0.25) is 9.59 Å². The van der Waals surface area contributed by atoms with Gasteiger partial charge >= 0.3 is 0 Å². The molecule has 2 fully saturated rings. The first-order valence-electron chi connectivity index (χ1n) is 6.90. The molecule has 3 N–H and O–H groups in total. The van der Waals surface area contributed by atoms with E-state index in [9.17, 15) is 9.59 Å². The number of likely N-dealkylation sites (N-methyl/N-ethyl adjacent to an activating group) is 1. The standard InChI is InChI=1S/C13H23N3O3/c1-16-8-10(2-3-11(16)17)15-12(18)13(9-14)4-6-19-7-5-13/h10H,2-9,14H2,1H3,(H,15,18). The van der Waals surface area contributed by atoms with E-state index in [0.29, 0.717) is 52.0 Å². The molecule has 1 unspecified atom stereocenters. The lowest BCUT2D eigenvalue weighted by molar-refractivity contribution is -0.139. The zero-order chi connectivity index (χ0) is 13.9. The van der Waals surface area contributed by atoms with E-state index in [-0.39, 0.29) is 17.9 Å². The van der Waals surface area contributed by atoms with Crippen LogP contribution in [0.4, 0.5) is 0 Å². The number of amides is 2. The molecule has 0 aromatic heterocycles. The molecule has 0 aliphatic carbocycles. The summed E-state index contributed by atoms with van der Waals surface area (Å²) in [6.07, 6.45) is 2.57. The van der Waals surface area contributed by atoms with Crippen molar-refractivity contribution in [3.63, 3.8) is 0 Å². The molecule has 0 radical (unpaired) electrons. The van der Waals surface area contributed by atoms with E-state index >= 15 is 0 Å². The van der Waals surface area contributed by atoms with E-state index in [1.54, 1.807) is 11.9 Å². The predicted octanol–water partition coefficient (Wildman–Crippen LogP) is -0.521. The Balaban J connectivity index is 1.94. The molecule has 6 nitrogen and oxygen atoms in total. The van der Waals surface area contributed by atoms with E-state index in [0.717, 1.165) is 0 Å². The number of likely N-dealkylation sites (tertiary alicyclic amines) is 1. The summed E-state index contributed by atoms with van der Waals surface area (Å²) in [5.41, 5.74) is 5.32. The molecule has 2 amide bonds. The van der Waals surface area contributed by atoms with E-state index in [4.69, 9.17) is 10.5 Å². The van der Waals surface area contributed by atoms with Crippen LogP contribution in [0.15, 0.2) is 0 Å². The lowest BCUT2D eigenvalue weighted by atomic mass is 9.79. The Labute approximate surface area is 113 Å². The molecule has 2 heterocycles. The molecule has 0 aromatic carbocycles. The van der Waals surface area contributed by atoms with Crippen molar-refractivity contribution < 1.29 is 14.3 Å². The minimum atomic E-state index is -0.488. The highest BCUT2D eigenvalue weighted by Crippen LogP contribution is 2.30. The highest BCUT2D eigenvalue weighted by atomic mass is 16.5. The van der Waals surface area contributed by atoms with Crippen LogP contribution in [-0.2, 0) is 14.3 Å². The third kappa shape index (κ3) is 3.06. The maximum Gasteiger partial charge on any atom is 0.227 e. The van der Waals surface area contributed by atoms with Gasteiger partial charge in [0.25, 0.3) is 0 Å². The van der Waals surface area contributed by atoms with Gasteiger partial charge in [-0.15, -0.1) is 0 Å². The molecular weight excluding hydrogens is 246 g/mol. The number of nitrogens with zero attached hydrogens (tertiary/aromatic N) is 1. The third-order valence-electron chi connectivity index (χ3n) is 4.28. The van der Waals surface area contributed by atoms with Crippen molar-refractivity contribution in [3.05, 3.63) is 0 Å².